The topological polar surface area (TPSA) is 138 Å². The summed E-state index contributed by atoms with van der Waals surface area (Å²) in [5.41, 5.74) is 2.39. The van der Waals surface area contributed by atoms with Crippen molar-refractivity contribution in [3.63, 3.8) is 0 Å². The van der Waals surface area contributed by atoms with Crippen LogP contribution in [-0.2, 0) is 22.3 Å². The Morgan fingerprint density at radius 3 is 1.19 bits per heavy atom. The highest BCUT2D eigenvalue weighted by atomic mass is 16.5. The van der Waals surface area contributed by atoms with Crippen LogP contribution in [0.4, 0.5) is 0 Å². The Hall–Kier alpha value is -4.56. The molecule has 4 aromatic carbocycles. The molecule has 0 aromatic heterocycles. The van der Waals surface area contributed by atoms with Gasteiger partial charge in [0.15, 0.2) is 23.0 Å². The second-order valence-corrected chi connectivity index (χ2v) is 12.1. The molecule has 0 saturated heterocycles. The second-order valence-electron chi connectivity index (χ2n) is 12.1. The van der Waals surface area contributed by atoms with Gasteiger partial charge < -0.3 is 58.7 Å². The molecule has 0 aliphatic rings. The first-order valence-electron chi connectivity index (χ1n) is 18.2. The standard InChI is InChI=1S/2C21H29NO5/c2*1-24-13-11-17-7-9-19(10-8-17)27-16-18(23)15-22-12-14-26-21-6-4-3-5-20(21)25-2/h2*3-10,18,22-23H,11-16H2,1-2H3. The molecule has 0 bridgehead atoms. The van der Waals surface area contributed by atoms with Gasteiger partial charge in [0, 0.05) is 40.4 Å². The molecule has 2 unspecified atom stereocenters. The first-order chi connectivity index (χ1) is 26.4. The van der Waals surface area contributed by atoms with Crippen LogP contribution < -0.4 is 39.1 Å². The Kier molecular flexibility index (Phi) is 22.0. The maximum absolute atomic E-state index is 10.0. The molecule has 0 radical (unpaired) electrons. The average Bonchev–Trinajstić information content (AvgIpc) is 3.21. The number of aliphatic hydroxyl groups is 2. The number of methoxy groups -OCH3 is 4. The SMILES string of the molecule is COCCc1ccc(OCC(O)CNCCOc2ccccc2OC)cc1.COCCc1ccc(OCC(O)CNCCOc2ccccc2OC)cc1. The van der Waals surface area contributed by atoms with Crippen LogP contribution in [0.15, 0.2) is 97.1 Å². The van der Waals surface area contributed by atoms with Gasteiger partial charge in [0.2, 0.25) is 0 Å². The van der Waals surface area contributed by atoms with Gasteiger partial charge in [0.1, 0.15) is 50.1 Å². The van der Waals surface area contributed by atoms with E-state index in [2.05, 4.69) is 10.6 Å². The van der Waals surface area contributed by atoms with Gasteiger partial charge in [-0.25, -0.2) is 0 Å². The van der Waals surface area contributed by atoms with Crippen molar-refractivity contribution in [3.05, 3.63) is 108 Å². The molecule has 4 aromatic rings. The molecule has 54 heavy (non-hydrogen) atoms. The van der Waals surface area contributed by atoms with Crippen LogP contribution in [0.5, 0.6) is 34.5 Å². The summed E-state index contributed by atoms with van der Waals surface area (Å²) >= 11 is 0. The summed E-state index contributed by atoms with van der Waals surface area (Å²) in [6.07, 6.45) is 0.564. The average molecular weight is 751 g/mol. The number of hydrogen-bond donors (Lipinski definition) is 4. The third kappa shape index (κ3) is 18.0. The summed E-state index contributed by atoms with van der Waals surface area (Å²) in [6.45, 7) is 4.93. The second kappa shape index (κ2) is 27.1. The van der Waals surface area contributed by atoms with E-state index in [9.17, 15) is 10.2 Å². The lowest BCUT2D eigenvalue weighted by Crippen LogP contribution is -2.33. The van der Waals surface area contributed by atoms with Crippen molar-refractivity contribution in [3.8, 4) is 34.5 Å². The molecule has 4 N–H and O–H groups in total. The maximum Gasteiger partial charge on any atom is 0.161 e. The summed E-state index contributed by atoms with van der Waals surface area (Å²) in [4.78, 5) is 0. The minimum absolute atomic E-state index is 0.234. The van der Waals surface area contributed by atoms with Crippen LogP contribution in [0.2, 0.25) is 0 Å². The zero-order chi connectivity index (χ0) is 38.6. The molecule has 12 heteroatoms. The zero-order valence-electron chi connectivity index (χ0n) is 32.0. The molecule has 0 spiro atoms. The predicted molar refractivity (Wildman–Crippen MR) is 210 cm³/mol. The molecule has 12 nitrogen and oxygen atoms in total. The Balaban J connectivity index is 0.000000290. The van der Waals surface area contributed by atoms with Crippen LogP contribution in [-0.4, -0.2) is 117 Å². The number of benzene rings is 4. The zero-order valence-corrected chi connectivity index (χ0v) is 32.0. The highest BCUT2D eigenvalue weighted by molar-refractivity contribution is 5.40. The lowest BCUT2D eigenvalue weighted by molar-refractivity contribution is 0.105. The van der Waals surface area contributed by atoms with Crippen LogP contribution in [0, 0.1) is 0 Å². The summed E-state index contributed by atoms with van der Waals surface area (Å²) in [5.74, 6) is 4.32. The van der Waals surface area contributed by atoms with E-state index >= 15 is 0 Å². The van der Waals surface area contributed by atoms with Gasteiger partial charge in [-0.05, 0) is 72.5 Å². The van der Waals surface area contributed by atoms with Crippen molar-refractivity contribution < 1.29 is 48.1 Å². The van der Waals surface area contributed by atoms with Crippen molar-refractivity contribution in [2.75, 3.05) is 94.3 Å². The largest absolute Gasteiger partial charge is 0.493 e. The minimum Gasteiger partial charge on any atom is -0.493 e. The van der Waals surface area contributed by atoms with Crippen molar-refractivity contribution in [1.82, 2.24) is 10.6 Å². The molecule has 0 fully saturated rings. The van der Waals surface area contributed by atoms with E-state index in [4.69, 9.17) is 37.9 Å². The number of rotatable bonds is 26. The lowest BCUT2D eigenvalue weighted by Gasteiger charge is -2.14. The molecule has 0 heterocycles. The van der Waals surface area contributed by atoms with E-state index < -0.39 is 12.2 Å². The van der Waals surface area contributed by atoms with Gasteiger partial charge in [-0.2, -0.15) is 0 Å². The summed E-state index contributed by atoms with van der Waals surface area (Å²) in [5, 5.41) is 26.3. The molecule has 0 aliphatic heterocycles. The monoisotopic (exact) mass is 750 g/mol. The summed E-state index contributed by atoms with van der Waals surface area (Å²) < 4.78 is 43.2. The number of aliphatic hydroxyl groups excluding tert-OH is 2. The molecule has 296 valence electrons. The van der Waals surface area contributed by atoms with Crippen LogP contribution >= 0.6 is 0 Å². The van der Waals surface area contributed by atoms with E-state index in [1.807, 2.05) is 97.1 Å². The minimum atomic E-state index is -0.593. The fraction of sp³-hybridized carbons (Fsp3) is 0.429. The van der Waals surface area contributed by atoms with Gasteiger partial charge in [0.05, 0.1) is 27.4 Å². The third-order valence-corrected chi connectivity index (χ3v) is 7.89. The van der Waals surface area contributed by atoms with Crippen molar-refractivity contribution in [1.29, 1.82) is 0 Å². The van der Waals surface area contributed by atoms with Crippen LogP contribution in [0.3, 0.4) is 0 Å². The lowest BCUT2D eigenvalue weighted by atomic mass is 10.1. The molecule has 0 amide bonds. The van der Waals surface area contributed by atoms with Crippen LogP contribution in [0.1, 0.15) is 11.1 Å². The molecular weight excluding hydrogens is 692 g/mol. The highest BCUT2D eigenvalue weighted by Crippen LogP contribution is 2.26. The fourth-order valence-electron chi connectivity index (χ4n) is 4.93. The normalized spacial score (nSPS) is 11.8. The van der Waals surface area contributed by atoms with Gasteiger partial charge in [-0.1, -0.05) is 48.5 Å². The van der Waals surface area contributed by atoms with Gasteiger partial charge in [-0.3, -0.25) is 0 Å². The van der Waals surface area contributed by atoms with Crippen LogP contribution in [0.25, 0.3) is 0 Å². The first-order valence-corrected chi connectivity index (χ1v) is 18.2. The van der Waals surface area contributed by atoms with Gasteiger partial charge >= 0.3 is 0 Å². The molecule has 2 atom stereocenters. The summed E-state index contributed by atoms with van der Waals surface area (Å²) in [7, 11) is 6.61. The van der Waals surface area contributed by atoms with Crippen molar-refractivity contribution in [2.24, 2.45) is 0 Å². The summed E-state index contributed by atoms with van der Waals surface area (Å²) in [6, 6.07) is 30.7. The van der Waals surface area contributed by atoms with Gasteiger partial charge in [-0.15, -0.1) is 0 Å². The maximum atomic E-state index is 10.0. The number of hydrogen-bond acceptors (Lipinski definition) is 12. The quantitative estimate of drug-likeness (QED) is 0.0669. The molecule has 4 rings (SSSR count). The Morgan fingerprint density at radius 1 is 0.463 bits per heavy atom. The Morgan fingerprint density at radius 2 is 0.833 bits per heavy atom. The number of nitrogens with one attached hydrogen (secondary N) is 2. The van der Waals surface area contributed by atoms with Gasteiger partial charge in [0.25, 0.3) is 0 Å². The van der Waals surface area contributed by atoms with E-state index in [0.717, 1.165) is 24.3 Å². The van der Waals surface area contributed by atoms with Crippen molar-refractivity contribution in [2.45, 2.75) is 25.0 Å². The van der Waals surface area contributed by atoms with E-state index in [1.165, 1.54) is 11.1 Å². The first kappa shape index (κ1) is 43.8. The highest BCUT2D eigenvalue weighted by Gasteiger charge is 2.08. The Bertz CT molecular complexity index is 1410. The number of ether oxygens (including phenoxy) is 8. The Labute approximate surface area is 320 Å². The van der Waals surface area contributed by atoms with Crippen molar-refractivity contribution >= 4 is 0 Å². The smallest absolute Gasteiger partial charge is 0.161 e. The van der Waals surface area contributed by atoms with E-state index in [1.54, 1.807) is 28.4 Å². The molecule has 0 saturated carbocycles. The third-order valence-electron chi connectivity index (χ3n) is 7.89. The van der Waals surface area contributed by atoms with E-state index in [0.29, 0.717) is 75.6 Å². The fourth-order valence-corrected chi connectivity index (χ4v) is 4.93. The number of para-hydroxylation sites is 4. The molecular formula is C42H58N2O10. The predicted octanol–water partition coefficient (Wildman–Crippen LogP) is 4.58. The van der Waals surface area contributed by atoms with E-state index in [-0.39, 0.29) is 13.2 Å². The molecule has 0 aliphatic carbocycles.